The highest BCUT2D eigenvalue weighted by atomic mass is 32.1. The molecule has 1 unspecified atom stereocenters. The zero-order valence-corrected chi connectivity index (χ0v) is 12.8. The standard InChI is InChI=1S/C14H22N2O2S/c1-5-16(6-2)13(14(15)19)11-8-7-10(17-3)9-12(11)18-4/h7-9,13H,5-6H2,1-4H3,(H2,15,19). The molecule has 0 saturated carbocycles. The van der Waals surface area contributed by atoms with Crippen LogP contribution in [0.5, 0.6) is 11.5 Å². The number of ether oxygens (including phenoxy) is 2. The molecule has 0 saturated heterocycles. The minimum Gasteiger partial charge on any atom is -0.497 e. The highest BCUT2D eigenvalue weighted by Crippen LogP contribution is 2.32. The SMILES string of the molecule is CCN(CC)C(C(N)=S)c1ccc(OC)cc1OC. The number of likely N-dealkylation sites (N-methyl/N-ethyl adjacent to an activating group) is 1. The van der Waals surface area contributed by atoms with Gasteiger partial charge in [0.1, 0.15) is 11.5 Å². The Hall–Kier alpha value is -1.33. The van der Waals surface area contributed by atoms with Crippen LogP contribution >= 0.6 is 12.2 Å². The molecular weight excluding hydrogens is 260 g/mol. The maximum atomic E-state index is 5.92. The van der Waals surface area contributed by atoms with Crippen molar-refractivity contribution >= 4 is 17.2 Å². The maximum absolute atomic E-state index is 5.92. The van der Waals surface area contributed by atoms with Gasteiger partial charge < -0.3 is 15.2 Å². The fraction of sp³-hybridized carbons (Fsp3) is 0.500. The van der Waals surface area contributed by atoms with Crippen molar-refractivity contribution in [3.63, 3.8) is 0 Å². The van der Waals surface area contributed by atoms with E-state index in [2.05, 4.69) is 18.7 Å². The van der Waals surface area contributed by atoms with E-state index in [1.165, 1.54) is 0 Å². The number of benzene rings is 1. The molecule has 0 amide bonds. The van der Waals surface area contributed by atoms with E-state index in [-0.39, 0.29) is 6.04 Å². The highest BCUT2D eigenvalue weighted by molar-refractivity contribution is 7.80. The molecule has 0 aliphatic rings. The minimum absolute atomic E-state index is 0.120. The summed E-state index contributed by atoms with van der Waals surface area (Å²) in [5.74, 6) is 1.49. The first-order valence-corrected chi connectivity index (χ1v) is 6.75. The summed E-state index contributed by atoms with van der Waals surface area (Å²) in [5, 5.41) is 0. The van der Waals surface area contributed by atoms with E-state index in [1.807, 2.05) is 18.2 Å². The number of rotatable bonds is 7. The molecule has 5 heteroatoms. The van der Waals surface area contributed by atoms with Crippen molar-refractivity contribution < 1.29 is 9.47 Å². The van der Waals surface area contributed by atoms with Crippen LogP contribution in [0, 0.1) is 0 Å². The summed E-state index contributed by atoms with van der Waals surface area (Å²) in [5.41, 5.74) is 6.89. The molecular formula is C14H22N2O2S. The Kier molecular flexibility index (Phi) is 6.05. The molecule has 1 atom stereocenters. The van der Waals surface area contributed by atoms with E-state index in [4.69, 9.17) is 27.4 Å². The van der Waals surface area contributed by atoms with Crippen molar-refractivity contribution in [2.75, 3.05) is 27.3 Å². The van der Waals surface area contributed by atoms with E-state index in [0.29, 0.717) is 4.99 Å². The van der Waals surface area contributed by atoms with Gasteiger partial charge in [0.05, 0.1) is 25.2 Å². The summed E-state index contributed by atoms with van der Waals surface area (Å²) in [6, 6.07) is 5.59. The van der Waals surface area contributed by atoms with Gasteiger partial charge in [0, 0.05) is 11.6 Å². The van der Waals surface area contributed by atoms with Crippen LogP contribution in [0.1, 0.15) is 25.5 Å². The Labute approximate surface area is 120 Å². The Morgan fingerprint density at radius 3 is 2.32 bits per heavy atom. The summed E-state index contributed by atoms with van der Waals surface area (Å²) < 4.78 is 10.6. The predicted molar refractivity (Wildman–Crippen MR) is 82.0 cm³/mol. The van der Waals surface area contributed by atoms with Gasteiger partial charge in [0.2, 0.25) is 0 Å². The lowest BCUT2D eigenvalue weighted by atomic mass is 10.0. The molecule has 0 radical (unpaired) electrons. The zero-order chi connectivity index (χ0) is 14.4. The van der Waals surface area contributed by atoms with E-state index >= 15 is 0 Å². The van der Waals surface area contributed by atoms with E-state index < -0.39 is 0 Å². The maximum Gasteiger partial charge on any atom is 0.127 e. The molecule has 0 heterocycles. The van der Waals surface area contributed by atoms with E-state index in [0.717, 1.165) is 30.2 Å². The first kappa shape index (κ1) is 15.7. The summed E-state index contributed by atoms with van der Waals surface area (Å²) in [7, 11) is 3.26. The molecule has 1 aromatic rings. The second-order valence-corrected chi connectivity index (χ2v) is 4.61. The number of thiocarbonyl (C=S) groups is 1. The molecule has 0 fully saturated rings. The molecule has 0 aliphatic heterocycles. The minimum atomic E-state index is -0.120. The van der Waals surface area contributed by atoms with Gasteiger partial charge >= 0.3 is 0 Å². The lowest BCUT2D eigenvalue weighted by molar-refractivity contribution is 0.266. The molecule has 1 rings (SSSR count). The van der Waals surface area contributed by atoms with Crippen molar-refractivity contribution in [3.05, 3.63) is 23.8 Å². The highest BCUT2D eigenvalue weighted by Gasteiger charge is 2.24. The van der Waals surface area contributed by atoms with Gasteiger partial charge in [0.25, 0.3) is 0 Å². The summed E-state index contributed by atoms with van der Waals surface area (Å²) >= 11 is 5.23. The van der Waals surface area contributed by atoms with Gasteiger partial charge in [-0.1, -0.05) is 26.1 Å². The molecule has 106 valence electrons. The molecule has 0 aromatic heterocycles. The van der Waals surface area contributed by atoms with Crippen molar-refractivity contribution in [2.45, 2.75) is 19.9 Å². The number of nitrogens with zero attached hydrogens (tertiary/aromatic N) is 1. The summed E-state index contributed by atoms with van der Waals surface area (Å²) in [6.07, 6.45) is 0. The number of nitrogens with two attached hydrogens (primary N) is 1. The molecule has 19 heavy (non-hydrogen) atoms. The second-order valence-electron chi connectivity index (χ2n) is 4.13. The zero-order valence-electron chi connectivity index (χ0n) is 12.0. The molecule has 2 N–H and O–H groups in total. The van der Waals surface area contributed by atoms with Gasteiger partial charge in [-0.05, 0) is 25.2 Å². The van der Waals surface area contributed by atoms with E-state index in [1.54, 1.807) is 14.2 Å². The van der Waals surface area contributed by atoms with Crippen LogP contribution in [0.2, 0.25) is 0 Å². The van der Waals surface area contributed by atoms with Gasteiger partial charge in [-0.15, -0.1) is 0 Å². The van der Waals surface area contributed by atoms with Crippen LogP contribution in [-0.2, 0) is 0 Å². The molecule has 1 aromatic carbocycles. The van der Waals surface area contributed by atoms with Crippen molar-refractivity contribution in [1.82, 2.24) is 4.90 Å². The topological polar surface area (TPSA) is 47.7 Å². The van der Waals surface area contributed by atoms with E-state index in [9.17, 15) is 0 Å². The number of hydrogen-bond donors (Lipinski definition) is 1. The third kappa shape index (κ3) is 3.58. The molecule has 0 aliphatic carbocycles. The van der Waals surface area contributed by atoms with Crippen molar-refractivity contribution in [2.24, 2.45) is 5.73 Å². The lowest BCUT2D eigenvalue weighted by Crippen LogP contribution is -2.36. The van der Waals surface area contributed by atoms with Crippen molar-refractivity contribution in [3.8, 4) is 11.5 Å². The quantitative estimate of drug-likeness (QED) is 0.778. The first-order chi connectivity index (χ1) is 9.08. The normalized spacial score (nSPS) is 12.3. The summed E-state index contributed by atoms with van der Waals surface area (Å²) in [6.45, 7) is 5.91. The van der Waals surface area contributed by atoms with Crippen LogP contribution in [-0.4, -0.2) is 37.2 Å². The molecule has 4 nitrogen and oxygen atoms in total. The Balaban J connectivity index is 3.26. The van der Waals surface area contributed by atoms with Crippen LogP contribution in [0.25, 0.3) is 0 Å². The smallest absolute Gasteiger partial charge is 0.127 e. The monoisotopic (exact) mass is 282 g/mol. The summed E-state index contributed by atoms with van der Waals surface area (Å²) in [4.78, 5) is 2.65. The predicted octanol–water partition coefficient (Wildman–Crippen LogP) is 2.37. The Morgan fingerprint density at radius 1 is 1.26 bits per heavy atom. The lowest BCUT2D eigenvalue weighted by Gasteiger charge is -2.30. The average Bonchev–Trinajstić information content (AvgIpc) is 2.43. The van der Waals surface area contributed by atoms with Crippen LogP contribution < -0.4 is 15.2 Å². The Morgan fingerprint density at radius 2 is 1.89 bits per heavy atom. The average molecular weight is 282 g/mol. The van der Waals surface area contributed by atoms with Gasteiger partial charge in [-0.2, -0.15) is 0 Å². The van der Waals surface area contributed by atoms with Crippen LogP contribution in [0.4, 0.5) is 0 Å². The fourth-order valence-electron chi connectivity index (χ4n) is 2.16. The third-order valence-corrected chi connectivity index (χ3v) is 3.41. The van der Waals surface area contributed by atoms with Crippen molar-refractivity contribution in [1.29, 1.82) is 0 Å². The van der Waals surface area contributed by atoms with Crippen LogP contribution in [0.3, 0.4) is 0 Å². The first-order valence-electron chi connectivity index (χ1n) is 6.34. The fourth-order valence-corrected chi connectivity index (χ4v) is 2.44. The number of methoxy groups -OCH3 is 2. The Bertz CT molecular complexity index is 433. The third-order valence-electron chi connectivity index (χ3n) is 3.18. The molecule has 0 spiro atoms. The largest absolute Gasteiger partial charge is 0.497 e. The van der Waals surface area contributed by atoms with Gasteiger partial charge in [0.15, 0.2) is 0 Å². The molecule has 0 bridgehead atoms. The van der Waals surface area contributed by atoms with Crippen LogP contribution in [0.15, 0.2) is 18.2 Å². The number of hydrogen-bond acceptors (Lipinski definition) is 4. The second kappa shape index (κ2) is 7.31. The van der Waals surface area contributed by atoms with Gasteiger partial charge in [-0.3, -0.25) is 4.90 Å². The van der Waals surface area contributed by atoms with Gasteiger partial charge in [-0.25, -0.2) is 0 Å².